The number of carboxylic acid groups (broad SMARTS) is 1. The molecule has 0 saturated heterocycles. The Morgan fingerprint density at radius 1 is 0.608 bits per heavy atom. The number of carboxylic acids is 1. The first kappa shape index (κ1) is 52.4. The van der Waals surface area contributed by atoms with E-state index < -0.39 is 70.9 Å². The van der Waals surface area contributed by atoms with Crippen molar-refractivity contribution in [2.24, 2.45) is 5.73 Å². The lowest BCUT2D eigenvalue weighted by Gasteiger charge is -2.25. The van der Waals surface area contributed by atoms with Crippen LogP contribution in [0.15, 0.2) is 0 Å². The first-order valence-corrected chi connectivity index (χ1v) is 18.9. The third-order valence-corrected chi connectivity index (χ3v) is 7.04. The molecule has 0 fully saturated rings. The van der Waals surface area contributed by atoms with Gasteiger partial charge in [0.25, 0.3) is 15.6 Å². The van der Waals surface area contributed by atoms with E-state index in [1.807, 2.05) is 0 Å². The average Bonchev–Trinajstić information content (AvgIpc) is 3.11. The van der Waals surface area contributed by atoms with Crippen molar-refractivity contribution in [3.63, 3.8) is 0 Å². The Morgan fingerprint density at radius 3 is 1.29 bits per heavy atom. The molecule has 0 aliphatic heterocycles. The van der Waals surface area contributed by atoms with Crippen molar-refractivity contribution in [1.82, 2.24) is 5.32 Å². The van der Waals surface area contributed by atoms with Gasteiger partial charge in [-0.25, -0.2) is 0 Å². The third kappa shape index (κ3) is 35.2. The minimum absolute atomic E-state index is 0.00459. The number of nitrogens with one attached hydrogen (secondary N) is 1. The van der Waals surface area contributed by atoms with E-state index in [-0.39, 0.29) is 83.9 Å². The van der Waals surface area contributed by atoms with Crippen molar-refractivity contribution in [2.75, 3.05) is 52.7 Å². The standard InChI is InChI=1S/C14H26NO9P.C11H22NO8P.C3H6O2/c1-4-12(16)15-7-8-22-25(19,20)23-10-11(24-14(18)6-3)9-21-13(17)5-2;1-3-10(13)17-7-9(20-11(14)4-2)8-19-21(15,16)18-6-5-12;1-2-3(4)5/h11H,4-10H2,1-3H3,(H,15,16)(H,19,20);9H,3-8,12H2,1-2H3,(H,15,16);2H2,1H3,(H,4,5)/p-2/t11-;9-;/m11./s1. The average molecular weight is 783 g/mol. The van der Waals surface area contributed by atoms with E-state index in [4.69, 9.17) is 29.8 Å². The largest absolute Gasteiger partial charge is 0.756 e. The fraction of sp³-hybridized carbons (Fsp3) is 0.786. The molecule has 0 saturated carbocycles. The smallest absolute Gasteiger partial charge is 0.305 e. The van der Waals surface area contributed by atoms with Gasteiger partial charge in [-0.2, -0.15) is 0 Å². The number of amides is 1. The van der Waals surface area contributed by atoms with Crippen LogP contribution in [0, 0.1) is 0 Å². The predicted molar refractivity (Wildman–Crippen MR) is 172 cm³/mol. The first-order chi connectivity index (χ1) is 23.8. The molecule has 1 amide bonds. The van der Waals surface area contributed by atoms with Crippen LogP contribution in [-0.2, 0) is 74.9 Å². The number of ether oxygens (including phenoxy) is 4. The van der Waals surface area contributed by atoms with E-state index in [0.29, 0.717) is 0 Å². The summed E-state index contributed by atoms with van der Waals surface area (Å²) >= 11 is 0. The van der Waals surface area contributed by atoms with Crippen LogP contribution in [0.3, 0.4) is 0 Å². The van der Waals surface area contributed by atoms with Gasteiger partial charge in [-0.05, 0) is 0 Å². The molecule has 300 valence electrons. The van der Waals surface area contributed by atoms with Gasteiger partial charge in [0, 0.05) is 51.6 Å². The van der Waals surface area contributed by atoms with Gasteiger partial charge < -0.3 is 63.0 Å². The van der Waals surface area contributed by atoms with Crippen molar-refractivity contribution < 1.29 is 89.8 Å². The lowest BCUT2D eigenvalue weighted by molar-refractivity contribution is -0.229. The van der Waals surface area contributed by atoms with Crippen LogP contribution in [0.1, 0.15) is 80.1 Å². The van der Waals surface area contributed by atoms with E-state index in [1.165, 1.54) is 0 Å². The van der Waals surface area contributed by atoms with Crippen LogP contribution < -0.4 is 20.8 Å². The fourth-order valence-corrected chi connectivity index (χ4v) is 3.90. The molecule has 0 spiro atoms. The number of nitrogens with two attached hydrogens (primary N) is 1. The van der Waals surface area contributed by atoms with Gasteiger partial charge in [0.1, 0.15) is 13.2 Å². The second-order valence-electron chi connectivity index (χ2n) is 9.40. The summed E-state index contributed by atoms with van der Waals surface area (Å²) in [6.07, 6.45) is -1.17. The first-order valence-electron chi connectivity index (χ1n) is 15.9. The number of phosphoric ester groups is 2. The number of carbonyl (C=O) groups excluding carboxylic acids is 5. The van der Waals surface area contributed by atoms with Gasteiger partial charge in [-0.1, -0.05) is 41.5 Å². The van der Waals surface area contributed by atoms with Crippen LogP contribution in [0.4, 0.5) is 0 Å². The predicted octanol–water partition coefficient (Wildman–Crippen LogP) is 0.492. The summed E-state index contributed by atoms with van der Waals surface area (Å²) in [7, 11) is -9.18. The summed E-state index contributed by atoms with van der Waals surface area (Å²) in [5, 5.41) is 10.2. The molecular weight excluding hydrogens is 730 g/mol. The lowest BCUT2D eigenvalue weighted by atomic mass is 10.4. The number of phosphoric acid groups is 2. The minimum Gasteiger partial charge on any atom is -0.756 e. The molecule has 4 atom stereocenters. The van der Waals surface area contributed by atoms with Gasteiger partial charge in [-0.15, -0.1) is 0 Å². The number of carbonyl (C=O) groups is 6. The SMILES string of the molecule is CCC(=O)NCCOP(=O)([O-])OC[C@@H](COC(=O)CC)OC(=O)CC.CCC(=O)O.CCC(=O)OC[C@H](COP(=O)([O-])OCCN)OC(=O)CC. The maximum Gasteiger partial charge on any atom is 0.305 e. The van der Waals surface area contributed by atoms with Crippen LogP contribution in [0.5, 0.6) is 0 Å². The minimum atomic E-state index is -4.65. The highest BCUT2D eigenvalue weighted by molar-refractivity contribution is 7.46. The van der Waals surface area contributed by atoms with Crippen LogP contribution in [-0.4, -0.2) is 106 Å². The molecule has 0 aromatic rings. The summed E-state index contributed by atoms with van der Waals surface area (Å²) in [5.74, 6) is -3.17. The van der Waals surface area contributed by atoms with E-state index in [0.717, 1.165) is 0 Å². The molecule has 0 bridgehead atoms. The number of esters is 4. The van der Waals surface area contributed by atoms with Crippen LogP contribution >= 0.6 is 15.6 Å². The molecule has 0 aliphatic rings. The zero-order valence-corrected chi connectivity index (χ0v) is 31.6. The molecule has 0 rings (SSSR count). The zero-order valence-electron chi connectivity index (χ0n) is 29.8. The summed E-state index contributed by atoms with van der Waals surface area (Å²) in [4.78, 5) is 88.1. The molecule has 0 radical (unpaired) electrons. The fourth-order valence-electron chi connectivity index (χ4n) is 2.41. The third-order valence-electron chi connectivity index (χ3n) is 5.11. The summed E-state index contributed by atoms with van der Waals surface area (Å²) < 4.78 is 60.6. The van der Waals surface area contributed by atoms with Crippen LogP contribution in [0.25, 0.3) is 0 Å². The molecule has 2 unspecified atom stereocenters. The van der Waals surface area contributed by atoms with Crippen molar-refractivity contribution in [1.29, 1.82) is 0 Å². The van der Waals surface area contributed by atoms with E-state index in [1.54, 1.807) is 41.5 Å². The Kier molecular flexibility index (Phi) is 32.6. The maximum absolute atomic E-state index is 11.6. The molecule has 0 aliphatic carbocycles. The Hall–Kier alpha value is -3.00. The van der Waals surface area contributed by atoms with Gasteiger partial charge in [0.15, 0.2) is 12.2 Å². The monoisotopic (exact) mass is 782 g/mol. The van der Waals surface area contributed by atoms with Crippen molar-refractivity contribution in [3.05, 3.63) is 0 Å². The van der Waals surface area contributed by atoms with E-state index >= 15 is 0 Å². The Bertz CT molecular complexity index is 1120. The summed E-state index contributed by atoms with van der Waals surface area (Å²) in [5.41, 5.74) is 5.10. The summed E-state index contributed by atoms with van der Waals surface area (Å²) in [6.45, 7) is 7.39. The number of rotatable bonds is 25. The molecule has 0 aromatic heterocycles. The molecule has 4 N–H and O–H groups in total. The summed E-state index contributed by atoms with van der Waals surface area (Å²) in [6, 6.07) is 0. The Labute approximate surface area is 297 Å². The van der Waals surface area contributed by atoms with Gasteiger partial charge in [-0.3, -0.25) is 37.9 Å². The lowest BCUT2D eigenvalue weighted by Crippen LogP contribution is -2.30. The molecular formula is C28H52N2O19P2-2. The molecule has 23 heteroatoms. The quantitative estimate of drug-likeness (QED) is 0.0491. The van der Waals surface area contributed by atoms with Crippen molar-refractivity contribution >= 4 is 51.4 Å². The zero-order chi connectivity index (χ0) is 39.9. The topological polar surface area (TPSA) is 315 Å². The van der Waals surface area contributed by atoms with Gasteiger partial charge in [0.2, 0.25) is 5.91 Å². The molecule has 51 heavy (non-hydrogen) atoms. The second-order valence-corrected chi connectivity index (χ2v) is 12.2. The molecule has 0 heterocycles. The van der Waals surface area contributed by atoms with Crippen molar-refractivity contribution in [3.8, 4) is 0 Å². The van der Waals surface area contributed by atoms with Crippen molar-refractivity contribution in [2.45, 2.75) is 92.3 Å². The Morgan fingerprint density at radius 2 is 0.980 bits per heavy atom. The van der Waals surface area contributed by atoms with E-state index in [9.17, 15) is 47.7 Å². The number of hydrogen-bond acceptors (Lipinski definition) is 19. The highest BCUT2D eigenvalue weighted by atomic mass is 31.2. The van der Waals surface area contributed by atoms with Gasteiger partial charge >= 0.3 is 29.8 Å². The highest BCUT2D eigenvalue weighted by Crippen LogP contribution is 2.38. The molecule has 21 nitrogen and oxygen atoms in total. The highest BCUT2D eigenvalue weighted by Gasteiger charge is 2.21. The number of aliphatic carboxylic acids is 1. The van der Waals surface area contributed by atoms with Gasteiger partial charge in [0.05, 0.1) is 26.4 Å². The Balaban J connectivity index is -0.000000805. The normalized spacial score (nSPS) is 13.9. The van der Waals surface area contributed by atoms with Crippen LogP contribution in [0.2, 0.25) is 0 Å². The van der Waals surface area contributed by atoms with E-state index in [2.05, 4.69) is 23.4 Å². The number of hydrogen-bond donors (Lipinski definition) is 3. The second kappa shape index (κ2) is 31.7. The maximum atomic E-state index is 11.6. The molecule has 0 aromatic carbocycles.